The van der Waals surface area contributed by atoms with Gasteiger partial charge in [-0.25, -0.2) is 0 Å². The normalized spacial score (nSPS) is 17.6. The van der Waals surface area contributed by atoms with E-state index in [4.69, 9.17) is 0 Å². The van der Waals surface area contributed by atoms with Crippen LogP contribution in [0.25, 0.3) is 0 Å². The number of aryl methyl sites for hydroxylation is 1. The van der Waals surface area contributed by atoms with Gasteiger partial charge in [0.1, 0.15) is 0 Å². The Morgan fingerprint density at radius 2 is 2.17 bits per heavy atom. The van der Waals surface area contributed by atoms with E-state index in [1.165, 1.54) is 0 Å². The van der Waals surface area contributed by atoms with Gasteiger partial charge in [-0.2, -0.15) is 5.10 Å². The molecular weight excluding hydrogens is 320 g/mol. The first-order chi connectivity index (χ1) is 11.7. The number of nitrogens with one attached hydrogen (secondary N) is 1. The minimum absolute atomic E-state index is 0.0280. The summed E-state index contributed by atoms with van der Waals surface area (Å²) >= 11 is 1.67. The number of carbonyl (C=O) groups is 1. The highest BCUT2D eigenvalue weighted by Crippen LogP contribution is 2.24. The van der Waals surface area contributed by atoms with E-state index in [0.29, 0.717) is 6.54 Å². The Labute approximate surface area is 146 Å². The van der Waals surface area contributed by atoms with Gasteiger partial charge in [-0.1, -0.05) is 6.07 Å². The molecular formula is C18H22N4OS. The van der Waals surface area contributed by atoms with Crippen LogP contribution in [0.5, 0.6) is 0 Å². The molecule has 1 aromatic carbocycles. The molecule has 1 saturated heterocycles. The van der Waals surface area contributed by atoms with E-state index in [2.05, 4.69) is 20.4 Å². The Kier molecular flexibility index (Phi) is 5.35. The molecule has 0 aliphatic carbocycles. The first-order valence-corrected chi connectivity index (χ1v) is 9.38. The zero-order valence-corrected chi connectivity index (χ0v) is 14.8. The van der Waals surface area contributed by atoms with E-state index in [-0.39, 0.29) is 11.8 Å². The molecule has 5 nitrogen and oxygen atoms in total. The van der Waals surface area contributed by atoms with Gasteiger partial charge >= 0.3 is 0 Å². The molecule has 1 aliphatic rings. The molecule has 0 saturated carbocycles. The smallest absolute Gasteiger partial charge is 0.229 e. The number of piperidine rings is 1. The summed E-state index contributed by atoms with van der Waals surface area (Å²) in [6.45, 7) is 3.53. The second-order valence-electron chi connectivity index (χ2n) is 6.04. The van der Waals surface area contributed by atoms with Gasteiger partial charge in [-0.15, -0.1) is 16.9 Å². The molecule has 0 radical (unpaired) electrons. The van der Waals surface area contributed by atoms with Crippen LogP contribution in [0.1, 0.15) is 18.5 Å². The summed E-state index contributed by atoms with van der Waals surface area (Å²) in [6, 6.07) is 11.9. The third-order valence-electron chi connectivity index (χ3n) is 4.24. The molecule has 126 valence electrons. The molecule has 1 N–H and O–H groups in total. The van der Waals surface area contributed by atoms with Crippen LogP contribution in [-0.4, -0.2) is 35.4 Å². The summed E-state index contributed by atoms with van der Waals surface area (Å²) in [5.41, 5.74) is 1.76. The van der Waals surface area contributed by atoms with E-state index in [1.54, 1.807) is 11.8 Å². The van der Waals surface area contributed by atoms with E-state index in [0.717, 1.165) is 41.5 Å². The number of rotatable bonds is 4. The van der Waals surface area contributed by atoms with Gasteiger partial charge in [0.25, 0.3) is 0 Å². The van der Waals surface area contributed by atoms with E-state index >= 15 is 0 Å². The Bertz CT molecular complexity index is 704. The molecule has 6 heteroatoms. The van der Waals surface area contributed by atoms with Crippen LogP contribution >= 0.6 is 11.8 Å². The molecule has 24 heavy (non-hydrogen) atoms. The first kappa shape index (κ1) is 16.8. The number of hydrogen-bond donors (Lipinski definition) is 1. The van der Waals surface area contributed by atoms with Crippen LogP contribution in [0.3, 0.4) is 0 Å². The predicted octanol–water partition coefficient (Wildman–Crippen LogP) is 3.36. The third-order valence-corrected chi connectivity index (χ3v) is 4.96. The Hall–Kier alpha value is -2.08. The molecule has 1 atom stereocenters. The molecule has 0 bridgehead atoms. The summed E-state index contributed by atoms with van der Waals surface area (Å²) in [5.74, 6) is 0.903. The molecule has 1 aliphatic heterocycles. The lowest BCUT2D eigenvalue weighted by Crippen LogP contribution is -2.41. The molecule has 3 rings (SSSR count). The third kappa shape index (κ3) is 4.06. The number of amides is 1. The zero-order chi connectivity index (χ0) is 16.9. The minimum atomic E-state index is -0.0280. The van der Waals surface area contributed by atoms with Crippen LogP contribution < -0.4 is 10.2 Å². The highest BCUT2D eigenvalue weighted by molar-refractivity contribution is 7.98. The van der Waals surface area contributed by atoms with Gasteiger partial charge in [0.15, 0.2) is 5.82 Å². The maximum atomic E-state index is 12.6. The number of aromatic nitrogens is 2. The Morgan fingerprint density at radius 3 is 2.92 bits per heavy atom. The number of nitrogens with zero attached hydrogens (tertiary/aromatic N) is 3. The standard InChI is InChI=1S/C18H22N4OS/c1-13-8-9-17(21-20-13)22-10-4-5-14(12-22)18(23)19-15-6-3-7-16(11-15)24-2/h3,6-9,11,14H,4-5,10,12H2,1-2H3,(H,19,23). The Morgan fingerprint density at radius 1 is 1.29 bits per heavy atom. The largest absolute Gasteiger partial charge is 0.354 e. The highest BCUT2D eigenvalue weighted by atomic mass is 32.2. The predicted molar refractivity (Wildman–Crippen MR) is 98.6 cm³/mol. The van der Waals surface area contributed by atoms with Gasteiger partial charge < -0.3 is 10.2 Å². The first-order valence-electron chi connectivity index (χ1n) is 8.16. The quantitative estimate of drug-likeness (QED) is 0.864. The summed E-state index contributed by atoms with van der Waals surface area (Å²) in [5, 5.41) is 11.4. The van der Waals surface area contributed by atoms with Crippen LogP contribution in [0.4, 0.5) is 11.5 Å². The number of benzene rings is 1. The topological polar surface area (TPSA) is 58.1 Å². The van der Waals surface area contributed by atoms with Crippen molar-refractivity contribution in [3.8, 4) is 0 Å². The Balaban J connectivity index is 1.65. The molecule has 1 amide bonds. The van der Waals surface area contributed by atoms with Crippen LogP contribution in [0.2, 0.25) is 0 Å². The van der Waals surface area contributed by atoms with Gasteiger partial charge in [-0.05, 0) is 56.4 Å². The van der Waals surface area contributed by atoms with Crippen molar-refractivity contribution < 1.29 is 4.79 Å². The number of thioether (sulfide) groups is 1. The van der Waals surface area contributed by atoms with Crippen molar-refractivity contribution >= 4 is 29.2 Å². The lowest BCUT2D eigenvalue weighted by molar-refractivity contribution is -0.120. The van der Waals surface area contributed by atoms with Crippen molar-refractivity contribution in [1.29, 1.82) is 0 Å². The fraction of sp³-hybridized carbons (Fsp3) is 0.389. The fourth-order valence-corrected chi connectivity index (χ4v) is 3.36. The second kappa shape index (κ2) is 7.66. The van der Waals surface area contributed by atoms with E-state index in [1.807, 2.05) is 49.6 Å². The number of carbonyl (C=O) groups excluding carboxylic acids is 1. The maximum absolute atomic E-state index is 12.6. The van der Waals surface area contributed by atoms with Crippen molar-refractivity contribution in [1.82, 2.24) is 10.2 Å². The van der Waals surface area contributed by atoms with Crippen molar-refractivity contribution in [2.75, 3.05) is 29.6 Å². The fourth-order valence-electron chi connectivity index (χ4n) is 2.90. The minimum Gasteiger partial charge on any atom is -0.354 e. The molecule has 2 heterocycles. The molecule has 1 aromatic heterocycles. The average Bonchev–Trinajstić information content (AvgIpc) is 2.62. The van der Waals surface area contributed by atoms with Crippen LogP contribution in [0, 0.1) is 12.8 Å². The van der Waals surface area contributed by atoms with Crippen molar-refractivity contribution in [2.24, 2.45) is 5.92 Å². The molecule has 1 fully saturated rings. The number of anilines is 2. The van der Waals surface area contributed by atoms with E-state index < -0.39 is 0 Å². The molecule has 0 spiro atoms. The summed E-state index contributed by atoms with van der Waals surface area (Å²) in [4.78, 5) is 15.9. The van der Waals surface area contributed by atoms with Gasteiger partial charge in [0.2, 0.25) is 5.91 Å². The molecule has 2 aromatic rings. The average molecular weight is 342 g/mol. The monoisotopic (exact) mass is 342 g/mol. The van der Waals surface area contributed by atoms with E-state index in [9.17, 15) is 4.79 Å². The van der Waals surface area contributed by atoms with Crippen molar-refractivity contribution in [3.05, 3.63) is 42.1 Å². The van der Waals surface area contributed by atoms with Gasteiger partial charge in [-0.3, -0.25) is 4.79 Å². The van der Waals surface area contributed by atoms with Crippen molar-refractivity contribution in [2.45, 2.75) is 24.7 Å². The van der Waals surface area contributed by atoms with Crippen LogP contribution in [-0.2, 0) is 4.79 Å². The van der Waals surface area contributed by atoms with Crippen LogP contribution in [0.15, 0.2) is 41.3 Å². The SMILES string of the molecule is CSc1cccc(NC(=O)C2CCCN(c3ccc(C)nn3)C2)c1. The lowest BCUT2D eigenvalue weighted by Gasteiger charge is -2.32. The second-order valence-corrected chi connectivity index (χ2v) is 6.92. The lowest BCUT2D eigenvalue weighted by atomic mass is 9.97. The summed E-state index contributed by atoms with van der Waals surface area (Å²) < 4.78 is 0. The maximum Gasteiger partial charge on any atom is 0.229 e. The number of hydrogen-bond acceptors (Lipinski definition) is 5. The zero-order valence-electron chi connectivity index (χ0n) is 14.0. The van der Waals surface area contributed by atoms with Gasteiger partial charge in [0, 0.05) is 23.7 Å². The highest BCUT2D eigenvalue weighted by Gasteiger charge is 2.26. The summed E-state index contributed by atoms with van der Waals surface area (Å²) in [7, 11) is 0. The summed E-state index contributed by atoms with van der Waals surface area (Å²) in [6.07, 6.45) is 3.92. The van der Waals surface area contributed by atoms with Crippen molar-refractivity contribution in [3.63, 3.8) is 0 Å². The van der Waals surface area contributed by atoms with Gasteiger partial charge in [0.05, 0.1) is 11.6 Å². The molecule has 1 unspecified atom stereocenters.